The molecule has 0 spiro atoms. The molecule has 1 fully saturated rings. The third kappa shape index (κ3) is 4.68. The maximum Gasteiger partial charge on any atom is 0.243 e. The summed E-state index contributed by atoms with van der Waals surface area (Å²) in [4.78, 5) is 17.4. The number of carbonyl (C=O) groups is 1. The Morgan fingerprint density at radius 3 is 3.00 bits per heavy atom. The lowest BCUT2D eigenvalue weighted by Crippen LogP contribution is -2.35. The van der Waals surface area contributed by atoms with Crippen LogP contribution in [0.5, 0.6) is 0 Å². The number of carbonyl (C=O) groups excluding carboxylic acids is 1. The topological polar surface area (TPSA) is 74.2 Å². The Labute approximate surface area is 155 Å². The van der Waals surface area contributed by atoms with Gasteiger partial charge in [-0.2, -0.15) is 0 Å². The number of anilines is 1. The summed E-state index contributed by atoms with van der Waals surface area (Å²) in [6, 6.07) is 5.65. The van der Waals surface area contributed by atoms with Gasteiger partial charge in [-0.3, -0.25) is 4.79 Å². The first kappa shape index (κ1) is 19.1. The molecule has 0 radical (unpaired) electrons. The molecule has 1 amide bonds. The van der Waals surface area contributed by atoms with Crippen LogP contribution in [0.1, 0.15) is 22.4 Å². The van der Waals surface area contributed by atoms with Crippen molar-refractivity contribution in [2.75, 3.05) is 11.9 Å². The highest BCUT2D eigenvalue weighted by atomic mass is 35.5. The van der Waals surface area contributed by atoms with Crippen LogP contribution in [0, 0.1) is 6.92 Å². The van der Waals surface area contributed by atoms with E-state index in [4.69, 9.17) is 11.6 Å². The van der Waals surface area contributed by atoms with Crippen molar-refractivity contribution in [2.45, 2.75) is 31.9 Å². The molecule has 5 nitrogen and oxygen atoms in total. The normalized spacial score (nSPS) is 19.8. The first-order valence-electron chi connectivity index (χ1n) is 7.43. The van der Waals surface area contributed by atoms with E-state index in [-0.39, 0.29) is 24.4 Å². The second kappa shape index (κ2) is 8.27. The van der Waals surface area contributed by atoms with Gasteiger partial charge in [-0.1, -0.05) is 23.7 Å². The molecule has 2 aromatic rings. The molecule has 2 unspecified atom stereocenters. The van der Waals surface area contributed by atoms with Crippen LogP contribution in [-0.2, 0) is 11.2 Å². The SMILES string of the molecule is Cc1ccc(Cc2cnc(NC(=O)C3CC(O)CN3)s2)cc1Cl.Cl. The van der Waals surface area contributed by atoms with Gasteiger partial charge in [0.2, 0.25) is 5.91 Å². The van der Waals surface area contributed by atoms with Crippen molar-refractivity contribution in [2.24, 2.45) is 0 Å². The first-order chi connectivity index (χ1) is 11.0. The summed E-state index contributed by atoms with van der Waals surface area (Å²) < 4.78 is 0. The predicted molar refractivity (Wildman–Crippen MR) is 99.4 cm³/mol. The maximum absolute atomic E-state index is 12.1. The van der Waals surface area contributed by atoms with Crippen LogP contribution in [0.3, 0.4) is 0 Å². The second-order valence-electron chi connectivity index (χ2n) is 5.73. The molecule has 3 rings (SSSR count). The fourth-order valence-electron chi connectivity index (χ4n) is 2.50. The van der Waals surface area contributed by atoms with Crippen molar-refractivity contribution in [3.8, 4) is 0 Å². The van der Waals surface area contributed by atoms with Gasteiger partial charge in [0.25, 0.3) is 0 Å². The number of nitrogens with one attached hydrogen (secondary N) is 2. The minimum absolute atomic E-state index is 0. The van der Waals surface area contributed by atoms with Gasteiger partial charge in [-0.15, -0.1) is 23.7 Å². The molecule has 24 heavy (non-hydrogen) atoms. The minimum atomic E-state index is -0.455. The summed E-state index contributed by atoms with van der Waals surface area (Å²) in [6.07, 6.45) is 2.48. The summed E-state index contributed by atoms with van der Waals surface area (Å²) in [5.74, 6) is -0.152. The van der Waals surface area contributed by atoms with E-state index in [0.29, 0.717) is 18.1 Å². The molecule has 0 aliphatic carbocycles. The molecule has 0 bridgehead atoms. The van der Waals surface area contributed by atoms with Gasteiger partial charge < -0.3 is 15.7 Å². The highest BCUT2D eigenvalue weighted by Crippen LogP contribution is 2.24. The number of thiazole rings is 1. The zero-order valence-corrected chi connectivity index (χ0v) is 15.5. The lowest BCUT2D eigenvalue weighted by atomic mass is 10.1. The number of hydrogen-bond donors (Lipinski definition) is 3. The van der Waals surface area contributed by atoms with Crippen LogP contribution in [0.15, 0.2) is 24.4 Å². The van der Waals surface area contributed by atoms with Crippen LogP contribution < -0.4 is 10.6 Å². The Morgan fingerprint density at radius 2 is 2.33 bits per heavy atom. The lowest BCUT2D eigenvalue weighted by molar-refractivity contribution is -0.117. The second-order valence-corrected chi connectivity index (χ2v) is 7.25. The highest BCUT2D eigenvalue weighted by Gasteiger charge is 2.28. The summed E-state index contributed by atoms with van der Waals surface area (Å²) >= 11 is 7.59. The minimum Gasteiger partial charge on any atom is -0.392 e. The van der Waals surface area contributed by atoms with Crippen molar-refractivity contribution < 1.29 is 9.90 Å². The molecular formula is C16H19Cl2N3O2S. The zero-order chi connectivity index (χ0) is 16.4. The van der Waals surface area contributed by atoms with E-state index in [1.807, 2.05) is 25.1 Å². The summed E-state index contributed by atoms with van der Waals surface area (Å²) in [5.41, 5.74) is 2.17. The molecule has 1 aliphatic rings. The third-order valence-corrected chi connectivity index (χ3v) is 5.14. The fraction of sp³-hybridized carbons (Fsp3) is 0.375. The molecular weight excluding hydrogens is 369 g/mol. The number of halogens is 2. The van der Waals surface area contributed by atoms with Crippen LogP contribution in [0.25, 0.3) is 0 Å². The van der Waals surface area contributed by atoms with Crippen LogP contribution in [-0.4, -0.2) is 34.7 Å². The van der Waals surface area contributed by atoms with E-state index < -0.39 is 6.10 Å². The van der Waals surface area contributed by atoms with Crippen molar-refractivity contribution in [3.63, 3.8) is 0 Å². The van der Waals surface area contributed by atoms with E-state index >= 15 is 0 Å². The Kier molecular flexibility index (Phi) is 6.60. The molecule has 0 saturated carbocycles. The number of hydrogen-bond acceptors (Lipinski definition) is 5. The van der Waals surface area contributed by atoms with Gasteiger partial charge in [0.15, 0.2) is 5.13 Å². The molecule has 2 atom stereocenters. The summed E-state index contributed by atoms with van der Waals surface area (Å²) in [6.45, 7) is 2.43. The van der Waals surface area contributed by atoms with E-state index in [2.05, 4.69) is 15.6 Å². The third-order valence-electron chi connectivity index (χ3n) is 3.82. The molecule has 130 valence electrons. The maximum atomic E-state index is 12.1. The van der Waals surface area contributed by atoms with E-state index in [1.54, 1.807) is 6.20 Å². The number of nitrogens with zero attached hydrogens (tertiary/aromatic N) is 1. The quantitative estimate of drug-likeness (QED) is 0.753. The van der Waals surface area contributed by atoms with Crippen molar-refractivity contribution >= 4 is 46.4 Å². The Morgan fingerprint density at radius 1 is 1.54 bits per heavy atom. The van der Waals surface area contributed by atoms with E-state index in [0.717, 1.165) is 27.4 Å². The zero-order valence-electron chi connectivity index (χ0n) is 13.1. The predicted octanol–water partition coefficient (Wildman–Crippen LogP) is 2.78. The largest absolute Gasteiger partial charge is 0.392 e. The van der Waals surface area contributed by atoms with Crippen molar-refractivity contribution in [1.29, 1.82) is 0 Å². The lowest BCUT2D eigenvalue weighted by Gasteiger charge is -2.08. The van der Waals surface area contributed by atoms with Gasteiger partial charge in [-0.05, 0) is 30.5 Å². The van der Waals surface area contributed by atoms with Crippen LogP contribution in [0.4, 0.5) is 5.13 Å². The van der Waals surface area contributed by atoms with Crippen molar-refractivity contribution in [3.05, 3.63) is 45.4 Å². The van der Waals surface area contributed by atoms with Gasteiger partial charge >= 0.3 is 0 Å². The van der Waals surface area contributed by atoms with Crippen molar-refractivity contribution in [1.82, 2.24) is 10.3 Å². The molecule has 8 heteroatoms. The molecule has 2 heterocycles. The Bertz CT molecular complexity index is 723. The number of rotatable bonds is 4. The number of β-amino-alcohol motifs (C(OH)–C–C–N with tert-alkyl or cyclic N) is 1. The molecule has 1 aliphatic heterocycles. The molecule has 1 aromatic heterocycles. The number of aliphatic hydroxyl groups excluding tert-OH is 1. The molecule has 1 saturated heterocycles. The van der Waals surface area contributed by atoms with E-state index in [1.165, 1.54) is 11.3 Å². The standard InChI is InChI=1S/C16H18ClN3O2S.ClH/c1-9-2-3-10(5-13(9)17)4-12-8-19-16(23-12)20-15(22)14-6-11(21)7-18-14;/h2-3,5,8,11,14,18,21H,4,6-7H2,1H3,(H,19,20,22);1H. The Hall–Kier alpha value is -1.18. The monoisotopic (exact) mass is 387 g/mol. The molecule has 3 N–H and O–H groups in total. The summed E-state index contributed by atoms with van der Waals surface area (Å²) in [5, 5.41) is 16.6. The van der Waals surface area contributed by atoms with Gasteiger partial charge in [-0.25, -0.2) is 4.98 Å². The van der Waals surface area contributed by atoms with Gasteiger partial charge in [0.1, 0.15) is 0 Å². The number of amides is 1. The Balaban J connectivity index is 0.00000208. The average Bonchev–Trinajstić information content (AvgIpc) is 3.12. The van der Waals surface area contributed by atoms with Gasteiger partial charge in [0, 0.05) is 29.1 Å². The summed E-state index contributed by atoms with van der Waals surface area (Å²) in [7, 11) is 0. The average molecular weight is 388 g/mol. The van der Waals surface area contributed by atoms with E-state index in [9.17, 15) is 9.90 Å². The van der Waals surface area contributed by atoms with Gasteiger partial charge in [0.05, 0.1) is 12.1 Å². The first-order valence-corrected chi connectivity index (χ1v) is 8.63. The highest BCUT2D eigenvalue weighted by molar-refractivity contribution is 7.15. The number of benzene rings is 1. The fourth-order valence-corrected chi connectivity index (χ4v) is 3.56. The smallest absolute Gasteiger partial charge is 0.243 e. The number of aryl methyl sites for hydroxylation is 1. The number of aliphatic hydroxyl groups is 1. The molecule has 1 aromatic carbocycles. The van der Waals surface area contributed by atoms with Crippen LogP contribution in [0.2, 0.25) is 5.02 Å². The van der Waals surface area contributed by atoms with Crippen LogP contribution >= 0.6 is 35.3 Å². The number of aromatic nitrogens is 1.